The van der Waals surface area contributed by atoms with Gasteiger partial charge in [-0.25, -0.2) is 0 Å². The van der Waals surface area contributed by atoms with Crippen molar-refractivity contribution in [2.24, 2.45) is 124 Å². The minimum absolute atomic E-state index is 0. The van der Waals surface area contributed by atoms with Crippen LogP contribution < -0.4 is 5.73 Å². The van der Waals surface area contributed by atoms with Gasteiger partial charge in [-0.3, -0.25) is 0 Å². The third kappa shape index (κ3) is 7.41. The van der Waals surface area contributed by atoms with Crippen molar-refractivity contribution >= 4 is 5.71 Å². The monoisotopic (exact) mass is 999 g/mol. The molecule has 0 spiro atoms. The first kappa shape index (κ1) is 59.0. The molecule has 21 atom stereocenters. The third-order valence-electron chi connectivity index (χ3n) is 27.1. The first-order valence-electron chi connectivity index (χ1n) is 28.1. The van der Waals surface area contributed by atoms with Crippen LogP contribution in [0.15, 0.2) is 29.5 Å². The summed E-state index contributed by atoms with van der Waals surface area (Å²) in [4.78, 5) is 0. The standard InChI is InChI=1S/C30H46N2O3.C30H48N2O2.3CH4/c1-19(16-33)20-8-13-30(17-31)15-14-28(4)21(25(20)30)6-7-23-26(2)11-10-24(32-35)27(3,18-34)22(26)9-12-29(23,28)5;1-19(16-33)20-8-13-30(17-31)15-14-28(4)21(25(20)30)6-7-23-26(2)11-10-24(32)27(3,18-34)22(26)9-12-29(23,28)5;;;/h20-23,25,33-35H,1,6-16,18H2,2-5H3;20-25,33-34H,1,6-16,18,32H2,2-5H3;3*1H4/b32-24-;;;;/t20-,21+,22+,23+,25+,26-,27-,28+,29+,30+;20-,21+,22+,23+,24?,25+,26-,27-,28+,29+,30+;;;/m00.../s1. The number of nitrogens with zero attached hydrogens (tertiary/aromatic N) is 3. The summed E-state index contributed by atoms with van der Waals surface area (Å²) in [6.45, 7) is 28.5. The summed E-state index contributed by atoms with van der Waals surface area (Å²) in [5.41, 5.74) is 9.22. The van der Waals surface area contributed by atoms with Gasteiger partial charge in [-0.2, -0.15) is 10.5 Å². The van der Waals surface area contributed by atoms with Gasteiger partial charge in [0.2, 0.25) is 0 Å². The van der Waals surface area contributed by atoms with Crippen molar-refractivity contribution in [2.45, 2.75) is 212 Å². The average Bonchev–Trinajstić information content (AvgIpc) is 3.93. The van der Waals surface area contributed by atoms with E-state index in [1.54, 1.807) is 0 Å². The van der Waals surface area contributed by atoms with Crippen molar-refractivity contribution in [2.75, 3.05) is 26.4 Å². The van der Waals surface area contributed by atoms with Crippen LogP contribution >= 0.6 is 0 Å². The van der Waals surface area contributed by atoms with E-state index in [4.69, 9.17) is 5.73 Å². The van der Waals surface area contributed by atoms with E-state index in [1.807, 2.05) is 0 Å². The fourth-order valence-corrected chi connectivity index (χ4v) is 22.8. The highest BCUT2D eigenvalue weighted by molar-refractivity contribution is 5.91. The topological polar surface area (TPSA) is 187 Å². The van der Waals surface area contributed by atoms with Gasteiger partial charge in [0.05, 0.1) is 55.1 Å². The summed E-state index contributed by atoms with van der Waals surface area (Å²) in [5.74, 6) is 4.15. The van der Waals surface area contributed by atoms with Gasteiger partial charge in [-0.15, -0.1) is 0 Å². The van der Waals surface area contributed by atoms with E-state index in [0.29, 0.717) is 47.3 Å². The van der Waals surface area contributed by atoms with Crippen molar-refractivity contribution in [3.63, 3.8) is 0 Å². The van der Waals surface area contributed by atoms with Crippen molar-refractivity contribution in [1.82, 2.24) is 0 Å². The van der Waals surface area contributed by atoms with E-state index in [-0.39, 0.29) is 115 Å². The molecule has 1 unspecified atom stereocenters. The summed E-state index contributed by atoms with van der Waals surface area (Å²) in [7, 11) is 0. The van der Waals surface area contributed by atoms with E-state index in [0.717, 1.165) is 120 Å². The van der Waals surface area contributed by atoms with Crippen LogP contribution in [0.1, 0.15) is 206 Å². The van der Waals surface area contributed by atoms with Crippen molar-refractivity contribution in [1.29, 1.82) is 10.5 Å². The molecular formula is C63H106N4O5. The van der Waals surface area contributed by atoms with Gasteiger partial charge in [0.25, 0.3) is 0 Å². The Kier molecular flexibility index (Phi) is 16.1. The molecule has 0 aliphatic heterocycles. The molecule has 9 nitrogen and oxygen atoms in total. The van der Waals surface area contributed by atoms with Crippen LogP contribution in [0.25, 0.3) is 0 Å². The number of rotatable bonds is 6. The summed E-state index contributed by atoms with van der Waals surface area (Å²) in [6.07, 6.45) is 21.3. The second kappa shape index (κ2) is 19.6. The Hall–Kier alpha value is -2.27. The fourth-order valence-electron chi connectivity index (χ4n) is 22.8. The van der Waals surface area contributed by atoms with E-state index in [9.17, 15) is 36.2 Å². The molecule has 0 amide bonds. The maximum absolute atomic E-state index is 10.5. The van der Waals surface area contributed by atoms with Gasteiger partial charge in [0, 0.05) is 16.9 Å². The normalized spacial score (nSPS) is 53.0. The van der Waals surface area contributed by atoms with Crippen LogP contribution in [0.3, 0.4) is 0 Å². The SMILES string of the molecule is C.C.C.C=C(CO)[C@@H]1CC[C@]2(C#N)CC[C@]3(C)[C@H](CC[C@@H]4[C@@]5(C)CC/C(=N/O)[C@@](C)(CO)[C@@H]5CC[C@]43C)[C@@H]12.C=C(CO)[C@@H]1CC[C@]2(C#N)CC[C@]3(C)[C@H](CC[C@@H]4[C@@]5(C)CCC(N)[C@@](C)(CO)[C@@H]5CC[C@]43C)[C@@H]12. The fraction of sp³-hybridized carbons (Fsp3) is 0.889. The number of aliphatic hydroxyl groups is 4. The van der Waals surface area contributed by atoms with Gasteiger partial charge in [-0.1, -0.05) is 96.0 Å². The molecule has 0 aromatic rings. The van der Waals surface area contributed by atoms with Gasteiger partial charge in [0.15, 0.2) is 0 Å². The van der Waals surface area contributed by atoms with Gasteiger partial charge in [0.1, 0.15) is 0 Å². The maximum atomic E-state index is 10.5. The molecule has 10 aliphatic carbocycles. The highest BCUT2D eigenvalue weighted by Gasteiger charge is 2.73. The number of fused-ring (bicyclic) bond motifs is 14. The second-order valence-corrected chi connectivity index (χ2v) is 28.3. The lowest BCUT2D eigenvalue weighted by molar-refractivity contribution is -0.239. The Morgan fingerprint density at radius 1 is 0.542 bits per heavy atom. The highest BCUT2D eigenvalue weighted by atomic mass is 16.4. The summed E-state index contributed by atoms with van der Waals surface area (Å²) in [6, 6.07) is 5.74. The second-order valence-electron chi connectivity index (χ2n) is 28.3. The molecule has 10 saturated carbocycles. The van der Waals surface area contributed by atoms with Crippen LogP contribution in [0.5, 0.6) is 0 Å². The first-order chi connectivity index (χ1) is 32.5. The zero-order valence-corrected chi connectivity index (χ0v) is 44.4. The quantitative estimate of drug-likeness (QED) is 0.0862. The number of aliphatic hydroxyl groups excluding tert-OH is 4. The summed E-state index contributed by atoms with van der Waals surface area (Å²) in [5, 5.41) is 75.3. The zero-order valence-electron chi connectivity index (χ0n) is 44.4. The van der Waals surface area contributed by atoms with E-state index in [2.05, 4.69) is 85.8 Å². The van der Waals surface area contributed by atoms with Gasteiger partial charge in [-0.05, 0) is 231 Å². The Bertz CT molecular complexity index is 2170. The molecule has 7 N–H and O–H groups in total. The first-order valence-corrected chi connectivity index (χ1v) is 28.1. The Balaban J connectivity index is 0.000000226. The van der Waals surface area contributed by atoms with Gasteiger partial charge < -0.3 is 31.4 Å². The summed E-state index contributed by atoms with van der Waals surface area (Å²) >= 11 is 0. The molecule has 10 rings (SSSR count). The van der Waals surface area contributed by atoms with E-state index >= 15 is 0 Å². The Morgan fingerprint density at radius 2 is 0.986 bits per heavy atom. The molecule has 0 bridgehead atoms. The smallest absolute Gasteiger partial charge is 0.0693 e. The minimum atomic E-state index is -0.460. The number of hydrogen-bond acceptors (Lipinski definition) is 9. The van der Waals surface area contributed by atoms with Crippen molar-refractivity contribution in [3.8, 4) is 12.1 Å². The number of nitriles is 2. The molecule has 9 heteroatoms. The molecule has 72 heavy (non-hydrogen) atoms. The summed E-state index contributed by atoms with van der Waals surface area (Å²) < 4.78 is 0. The molecular weight excluding hydrogens is 893 g/mol. The predicted molar refractivity (Wildman–Crippen MR) is 292 cm³/mol. The predicted octanol–water partition coefficient (Wildman–Crippen LogP) is 13.3. The Morgan fingerprint density at radius 3 is 1.39 bits per heavy atom. The lowest BCUT2D eigenvalue weighted by Crippen LogP contribution is -2.68. The number of nitrogens with two attached hydrogens (primary N) is 1. The molecule has 0 saturated heterocycles. The van der Waals surface area contributed by atoms with E-state index in [1.165, 1.54) is 25.7 Å². The molecule has 408 valence electrons. The molecule has 10 fully saturated rings. The minimum Gasteiger partial charge on any atom is -0.411 e. The Labute approximate surface area is 439 Å². The molecule has 0 radical (unpaired) electrons. The molecule has 10 aliphatic rings. The van der Waals surface area contributed by atoms with Crippen LogP contribution in [-0.4, -0.2) is 63.8 Å². The van der Waals surface area contributed by atoms with Crippen LogP contribution in [-0.2, 0) is 0 Å². The number of hydrogen-bond donors (Lipinski definition) is 6. The average molecular weight is 1000 g/mol. The van der Waals surface area contributed by atoms with Gasteiger partial charge >= 0.3 is 0 Å². The molecule has 0 aromatic carbocycles. The van der Waals surface area contributed by atoms with Crippen LogP contribution in [0.2, 0.25) is 0 Å². The third-order valence-corrected chi connectivity index (χ3v) is 27.1. The van der Waals surface area contributed by atoms with Crippen molar-refractivity contribution < 1.29 is 25.6 Å². The number of oxime groups is 1. The lowest BCUT2D eigenvalue weighted by atomic mass is 9.32. The highest BCUT2D eigenvalue weighted by Crippen LogP contribution is 2.79. The van der Waals surface area contributed by atoms with Crippen molar-refractivity contribution in [3.05, 3.63) is 24.3 Å². The molecule has 0 aromatic heterocycles. The van der Waals surface area contributed by atoms with Crippen LogP contribution in [0.4, 0.5) is 0 Å². The lowest BCUT2D eigenvalue weighted by Gasteiger charge is -2.72. The maximum Gasteiger partial charge on any atom is 0.0693 e. The van der Waals surface area contributed by atoms with E-state index < -0.39 is 5.41 Å². The zero-order chi connectivity index (χ0) is 50.2. The molecule has 0 heterocycles. The van der Waals surface area contributed by atoms with Crippen LogP contribution in [0, 0.1) is 136 Å². The largest absolute Gasteiger partial charge is 0.411 e.